The summed E-state index contributed by atoms with van der Waals surface area (Å²) in [5, 5.41) is 6.66. The Hall–Kier alpha value is -3.59. The molecule has 1 unspecified atom stereocenters. The summed E-state index contributed by atoms with van der Waals surface area (Å²) in [6.07, 6.45) is 0. The number of ether oxygens (including phenoxy) is 3. The molecule has 0 saturated carbocycles. The van der Waals surface area contributed by atoms with Crippen molar-refractivity contribution in [2.45, 2.75) is 26.8 Å². The molecule has 1 aliphatic heterocycles. The largest absolute Gasteiger partial charge is 0.497 e. The Morgan fingerprint density at radius 1 is 1.09 bits per heavy atom. The second kappa shape index (κ2) is 11.0. The molecule has 180 valence electrons. The molecule has 1 aliphatic rings. The molecule has 0 spiro atoms. The standard InChI is InChI=1S/C25H29N3O5S/c1-6-28-15(3)21(24(30)33-7-2)22(27-25(28)34)16-8-10-17(11-9-16)26-23(29)19-13-12-18(31-4)14-20(19)32-5/h8-14,22H,6-7H2,1-5H3,(H,26,29)(H,27,34). The molecule has 2 aromatic carbocycles. The van der Waals surface area contributed by atoms with Crippen LogP contribution in [-0.2, 0) is 9.53 Å². The van der Waals surface area contributed by atoms with Gasteiger partial charge >= 0.3 is 5.97 Å². The van der Waals surface area contributed by atoms with Gasteiger partial charge in [0.15, 0.2) is 5.11 Å². The maximum atomic E-state index is 12.8. The summed E-state index contributed by atoms with van der Waals surface area (Å²) < 4.78 is 15.8. The molecule has 0 saturated heterocycles. The highest BCUT2D eigenvalue weighted by Crippen LogP contribution is 2.32. The lowest BCUT2D eigenvalue weighted by Gasteiger charge is -2.37. The van der Waals surface area contributed by atoms with Gasteiger partial charge in [0, 0.05) is 24.0 Å². The van der Waals surface area contributed by atoms with Crippen molar-refractivity contribution in [1.82, 2.24) is 10.2 Å². The van der Waals surface area contributed by atoms with E-state index in [0.717, 1.165) is 11.3 Å². The van der Waals surface area contributed by atoms with Crippen LogP contribution in [0.1, 0.15) is 42.7 Å². The van der Waals surface area contributed by atoms with Crippen molar-refractivity contribution >= 4 is 34.9 Å². The van der Waals surface area contributed by atoms with Crippen molar-refractivity contribution in [3.8, 4) is 11.5 Å². The molecule has 0 fully saturated rings. The number of benzene rings is 2. The third-order valence-corrected chi connectivity index (χ3v) is 5.90. The minimum absolute atomic E-state index is 0.276. The highest BCUT2D eigenvalue weighted by Gasteiger charge is 2.34. The van der Waals surface area contributed by atoms with Gasteiger partial charge in [-0.05, 0) is 62.8 Å². The molecule has 0 aromatic heterocycles. The summed E-state index contributed by atoms with van der Waals surface area (Å²) in [6.45, 7) is 6.52. The summed E-state index contributed by atoms with van der Waals surface area (Å²) in [6, 6.07) is 11.8. The van der Waals surface area contributed by atoms with Crippen LogP contribution in [0.3, 0.4) is 0 Å². The molecule has 1 atom stereocenters. The Labute approximate surface area is 204 Å². The zero-order valence-corrected chi connectivity index (χ0v) is 20.7. The minimum atomic E-state index is -0.458. The van der Waals surface area contributed by atoms with Crippen LogP contribution in [0.5, 0.6) is 11.5 Å². The van der Waals surface area contributed by atoms with Crippen LogP contribution in [0.25, 0.3) is 0 Å². The van der Waals surface area contributed by atoms with Crippen LogP contribution in [0.15, 0.2) is 53.7 Å². The molecule has 0 bridgehead atoms. The van der Waals surface area contributed by atoms with Gasteiger partial charge in [0.25, 0.3) is 5.91 Å². The fourth-order valence-corrected chi connectivity index (χ4v) is 4.21. The van der Waals surface area contributed by atoms with Gasteiger partial charge in [-0.3, -0.25) is 4.79 Å². The van der Waals surface area contributed by atoms with Crippen LogP contribution in [0.2, 0.25) is 0 Å². The van der Waals surface area contributed by atoms with Crippen LogP contribution >= 0.6 is 12.2 Å². The minimum Gasteiger partial charge on any atom is -0.497 e. The fourth-order valence-electron chi connectivity index (χ4n) is 3.83. The SMILES string of the molecule is CCOC(=O)C1=C(C)N(CC)C(=S)NC1c1ccc(NC(=O)c2ccc(OC)cc2OC)cc1. The Morgan fingerprint density at radius 2 is 1.79 bits per heavy atom. The number of anilines is 1. The highest BCUT2D eigenvalue weighted by molar-refractivity contribution is 7.80. The molecule has 3 rings (SSSR count). The number of amides is 1. The number of methoxy groups -OCH3 is 2. The summed E-state index contributed by atoms with van der Waals surface area (Å²) in [4.78, 5) is 27.5. The number of nitrogens with one attached hydrogen (secondary N) is 2. The number of esters is 1. The van der Waals surface area contributed by atoms with E-state index in [9.17, 15) is 9.59 Å². The number of thiocarbonyl (C=S) groups is 1. The first-order valence-corrected chi connectivity index (χ1v) is 11.3. The smallest absolute Gasteiger partial charge is 0.338 e. The summed E-state index contributed by atoms with van der Waals surface area (Å²) in [5.41, 5.74) is 3.07. The zero-order valence-electron chi connectivity index (χ0n) is 19.9. The lowest BCUT2D eigenvalue weighted by molar-refractivity contribution is -0.139. The first-order chi connectivity index (χ1) is 16.3. The Balaban J connectivity index is 1.85. The van der Waals surface area contributed by atoms with Gasteiger partial charge in [-0.25, -0.2) is 4.79 Å². The van der Waals surface area contributed by atoms with E-state index >= 15 is 0 Å². The average Bonchev–Trinajstić information content (AvgIpc) is 2.84. The molecule has 8 nitrogen and oxygen atoms in total. The van der Waals surface area contributed by atoms with Crippen molar-refractivity contribution in [3.05, 3.63) is 64.9 Å². The van der Waals surface area contributed by atoms with Gasteiger partial charge in [-0.1, -0.05) is 12.1 Å². The van der Waals surface area contributed by atoms with Gasteiger partial charge in [-0.2, -0.15) is 0 Å². The molecule has 2 aromatic rings. The van der Waals surface area contributed by atoms with Crippen molar-refractivity contribution in [3.63, 3.8) is 0 Å². The van der Waals surface area contributed by atoms with E-state index in [1.165, 1.54) is 7.11 Å². The quantitative estimate of drug-likeness (QED) is 0.430. The summed E-state index contributed by atoms with van der Waals surface area (Å²) in [5.74, 6) is 0.305. The highest BCUT2D eigenvalue weighted by atomic mass is 32.1. The van der Waals surface area contributed by atoms with E-state index in [0.29, 0.717) is 40.0 Å². The average molecular weight is 484 g/mol. The Morgan fingerprint density at radius 3 is 2.38 bits per heavy atom. The molecule has 0 radical (unpaired) electrons. The van der Waals surface area contributed by atoms with E-state index in [1.807, 2.05) is 30.9 Å². The van der Waals surface area contributed by atoms with Crippen molar-refractivity contribution in [1.29, 1.82) is 0 Å². The number of allylic oxidation sites excluding steroid dienone is 1. The first kappa shape index (κ1) is 25.0. The third-order valence-electron chi connectivity index (χ3n) is 5.56. The lowest BCUT2D eigenvalue weighted by atomic mass is 9.95. The normalized spacial score (nSPS) is 15.5. The second-order valence-corrected chi connectivity index (χ2v) is 7.88. The Bertz CT molecular complexity index is 1110. The monoisotopic (exact) mass is 483 g/mol. The zero-order chi connectivity index (χ0) is 24.8. The summed E-state index contributed by atoms with van der Waals surface area (Å²) in [7, 11) is 3.05. The van der Waals surface area contributed by atoms with Crippen molar-refractivity contribution in [2.75, 3.05) is 32.7 Å². The maximum Gasteiger partial charge on any atom is 0.338 e. The van der Waals surface area contributed by atoms with E-state index < -0.39 is 6.04 Å². The topological polar surface area (TPSA) is 89.1 Å². The van der Waals surface area contributed by atoms with Gasteiger partial charge in [0.1, 0.15) is 11.5 Å². The third kappa shape index (κ3) is 5.14. The molecule has 1 heterocycles. The number of nitrogens with zero attached hydrogens (tertiary/aromatic N) is 1. The second-order valence-electron chi connectivity index (χ2n) is 7.49. The maximum absolute atomic E-state index is 12.8. The first-order valence-electron chi connectivity index (χ1n) is 10.9. The van der Waals surface area contributed by atoms with Gasteiger partial charge in [0.05, 0.1) is 38.0 Å². The molecule has 1 amide bonds. The predicted octanol–water partition coefficient (Wildman–Crippen LogP) is 4.04. The van der Waals surface area contributed by atoms with Crippen LogP contribution < -0.4 is 20.1 Å². The van der Waals surface area contributed by atoms with Crippen LogP contribution in [0.4, 0.5) is 5.69 Å². The van der Waals surface area contributed by atoms with Crippen LogP contribution in [-0.4, -0.2) is 49.3 Å². The van der Waals surface area contributed by atoms with Gasteiger partial charge in [0.2, 0.25) is 0 Å². The van der Waals surface area contributed by atoms with Crippen LogP contribution in [0, 0.1) is 0 Å². The molecule has 2 N–H and O–H groups in total. The van der Waals surface area contributed by atoms with Crippen molar-refractivity contribution < 1.29 is 23.8 Å². The van der Waals surface area contributed by atoms with E-state index in [1.54, 1.807) is 44.4 Å². The number of carbonyl (C=O) groups excluding carboxylic acids is 2. The number of hydrogen-bond acceptors (Lipinski definition) is 6. The van der Waals surface area contributed by atoms with E-state index in [2.05, 4.69) is 10.6 Å². The predicted molar refractivity (Wildman–Crippen MR) is 134 cm³/mol. The fraction of sp³-hybridized carbons (Fsp3) is 0.320. The molecular weight excluding hydrogens is 454 g/mol. The lowest BCUT2D eigenvalue weighted by Crippen LogP contribution is -2.47. The number of carbonyl (C=O) groups is 2. The van der Waals surface area contributed by atoms with Gasteiger partial charge < -0.3 is 29.7 Å². The van der Waals surface area contributed by atoms with Gasteiger partial charge in [-0.15, -0.1) is 0 Å². The molecular formula is C25H29N3O5S. The van der Waals surface area contributed by atoms with Crippen molar-refractivity contribution in [2.24, 2.45) is 0 Å². The summed E-state index contributed by atoms with van der Waals surface area (Å²) >= 11 is 5.51. The van der Waals surface area contributed by atoms with E-state index in [-0.39, 0.29) is 18.5 Å². The molecule has 9 heteroatoms. The number of hydrogen-bond donors (Lipinski definition) is 2. The number of rotatable bonds is 8. The molecule has 0 aliphatic carbocycles. The molecule has 34 heavy (non-hydrogen) atoms. The Kier molecular flexibility index (Phi) is 8.12. The van der Waals surface area contributed by atoms with E-state index in [4.69, 9.17) is 26.4 Å².